The molecular weight excluding hydrogens is 350 g/mol. The van der Waals surface area contributed by atoms with E-state index in [4.69, 9.17) is 4.74 Å². The molecule has 26 heavy (non-hydrogen) atoms. The van der Waals surface area contributed by atoms with Crippen LogP contribution in [-0.2, 0) is 6.54 Å². The van der Waals surface area contributed by atoms with E-state index in [2.05, 4.69) is 0 Å². The number of pyridine rings is 1. The number of hydrogen-bond acceptors (Lipinski definition) is 5. The molecule has 3 rings (SSSR count). The molecule has 0 saturated carbocycles. The molecule has 140 valence electrons. The molecule has 1 aliphatic heterocycles. The number of carbonyl (C=O) groups is 1. The van der Waals surface area contributed by atoms with Gasteiger partial charge in [-0.3, -0.25) is 4.79 Å². The number of carboxylic acids is 1. The van der Waals surface area contributed by atoms with E-state index in [-0.39, 0.29) is 35.4 Å². The van der Waals surface area contributed by atoms with Gasteiger partial charge in [0.1, 0.15) is 17.9 Å². The minimum Gasteiger partial charge on any atom is -0.492 e. The van der Waals surface area contributed by atoms with E-state index in [1.165, 1.54) is 11.7 Å². The van der Waals surface area contributed by atoms with Crippen molar-refractivity contribution in [3.8, 4) is 5.75 Å². The summed E-state index contributed by atoms with van der Waals surface area (Å²) in [5.41, 5.74) is -1.26. The molecule has 7 nitrogen and oxygen atoms in total. The molecule has 1 atom stereocenters. The number of hydrogen-bond donors (Lipinski definition) is 2. The molecule has 1 fully saturated rings. The first-order valence-electron chi connectivity index (χ1n) is 8.05. The maximum Gasteiger partial charge on any atom is 0.341 e. The fraction of sp³-hybridized carbons (Fsp3) is 0.412. The molecule has 0 aliphatic carbocycles. The molecule has 9 heteroatoms. The number of fused-ring (bicyclic) bond motifs is 1. The number of halogens is 2. The zero-order chi connectivity index (χ0) is 19.0. The smallest absolute Gasteiger partial charge is 0.341 e. The van der Waals surface area contributed by atoms with Crippen LogP contribution in [-0.4, -0.2) is 53.7 Å². The normalized spacial score (nSPS) is 17.1. The lowest BCUT2D eigenvalue weighted by Gasteiger charge is -2.24. The van der Waals surface area contributed by atoms with Crippen molar-refractivity contribution in [1.82, 2.24) is 4.57 Å². The lowest BCUT2D eigenvalue weighted by molar-refractivity contribution is 0.0694. The third-order valence-corrected chi connectivity index (χ3v) is 4.48. The molecule has 1 aromatic heterocycles. The van der Waals surface area contributed by atoms with Gasteiger partial charge in [-0.1, -0.05) is 0 Å². The highest BCUT2D eigenvalue weighted by Gasteiger charge is 2.29. The number of aryl methyl sites for hydroxylation is 1. The third-order valence-electron chi connectivity index (χ3n) is 4.48. The predicted molar refractivity (Wildman–Crippen MR) is 90.5 cm³/mol. The van der Waals surface area contributed by atoms with Crippen LogP contribution >= 0.6 is 0 Å². The van der Waals surface area contributed by atoms with Crippen LogP contribution in [0.5, 0.6) is 5.75 Å². The van der Waals surface area contributed by atoms with Crippen LogP contribution < -0.4 is 15.1 Å². The van der Waals surface area contributed by atoms with Crippen molar-refractivity contribution in [3.05, 3.63) is 33.9 Å². The first-order chi connectivity index (χ1) is 12.4. The number of ether oxygens (including phenoxy) is 1. The SMILES string of the molecule is COc1c(N2CCC(O)C2)c(F)cc2c(=O)c(C(=O)O)cn(CCF)c12. The van der Waals surface area contributed by atoms with Crippen LogP contribution in [0.15, 0.2) is 17.1 Å². The van der Waals surface area contributed by atoms with Crippen LogP contribution in [0, 0.1) is 5.82 Å². The van der Waals surface area contributed by atoms with Crippen molar-refractivity contribution < 1.29 is 28.5 Å². The van der Waals surface area contributed by atoms with Gasteiger partial charge in [0.25, 0.3) is 0 Å². The van der Waals surface area contributed by atoms with Gasteiger partial charge in [-0.25, -0.2) is 13.6 Å². The molecule has 1 saturated heterocycles. The lowest BCUT2D eigenvalue weighted by Crippen LogP contribution is -2.25. The molecule has 1 aliphatic rings. The average molecular weight is 368 g/mol. The number of carboxylic acid groups (broad SMARTS) is 1. The minimum atomic E-state index is -1.48. The maximum absolute atomic E-state index is 14.8. The van der Waals surface area contributed by atoms with Crippen molar-refractivity contribution in [1.29, 1.82) is 0 Å². The van der Waals surface area contributed by atoms with Gasteiger partial charge in [-0.2, -0.15) is 0 Å². The second-order valence-electron chi connectivity index (χ2n) is 6.08. The van der Waals surface area contributed by atoms with Crippen LogP contribution in [0.4, 0.5) is 14.5 Å². The Kier molecular flexibility index (Phi) is 4.82. The monoisotopic (exact) mass is 368 g/mol. The van der Waals surface area contributed by atoms with Gasteiger partial charge in [0.15, 0.2) is 11.6 Å². The number of rotatable bonds is 5. The van der Waals surface area contributed by atoms with Crippen molar-refractivity contribution >= 4 is 22.6 Å². The summed E-state index contributed by atoms with van der Waals surface area (Å²) in [6, 6.07) is 0.946. The first kappa shape index (κ1) is 18.1. The van der Waals surface area contributed by atoms with Gasteiger partial charge in [0.05, 0.1) is 30.7 Å². The molecule has 2 N–H and O–H groups in total. The van der Waals surface area contributed by atoms with E-state index in [1.54, 1.807) is 4.90 Å². The van der Waals surface area contributed by atoms with Crippen molar-refractivity contribution in [2.24, 2.45) is 0 Å². The molecule has 2 heterocycles. The molecule has 2 aromatic rings. The van der Waals surface area contributed by atoms with Gasteiger partial charge in [-0.15, -0.1) is 0 Å². The van der Waals surface area contributed by atoms with E-state index in [0.29, 0.717) is 13.0 Å². The van der Waals surface area contributed by atoms with Crippen LogP contribution in [0.25, 0.3) is 10.9 Å². The van der Waals surface area contributed by atoms with Gasteiger partial charge in [0.2, 0.25) is 5.43 Å². The lowest BCUT2D eigenvalue weighted by atomic mass is 10.1. The second kappa shape index (κ2) is 6.91. The highest BCUT2D eigenvalue weighted by atomic mass is 19.1. The van der Waals surface area contributed by atoms with Crippen LogP contribution in [0.1, 0.15) is 16.8 Å². The van der Waals surface area contributed by atoms with E-state index in [0.717, 1.165) is 12.3 Å². The molecular formula is C17H18F2N2O5. The number of anilines is 1. The van der Waals surface area contributed by atoms with Crippen molar-refractivity contribution in [2.45, 2.75) is 19.1 Å². The standard InChI is InChI=1S/C17H18F2N2O5/c1-26-16-13-10(6-12(19)14(16)20-4-2-9(22)7-20)15(23)11(17(24)25)8-21(13)5-3-18/h6,8-9,22H,2-5,7H2,1H3,(H,24,25). The summed E-state index contributed by atoms with van der Waals surface area (Å²) < 4.78 is 34.4. The zero-order valence-electron chi connectivity index (χ0n) is 14.0. The van der Waals surface area contributed by atoms with Gasteiger partial charge >= 0.3 is 5.97 Å². The van der Waals surface area contributed by atoms with E-state index < -0.39 is 35.6 Å². The van der Waals surface area contributed by atoms with Crippen molar-refractivity contribution in [2.75, 3.05) is 31.8 Å². The van der Waals surface area contributed by atoms with Crippen LogP contribution in [0.2, 0.25) is 0 Å². The number of aliphatic hydroxyl groups excluding tert-OH is 1. The highest BCUT2D eigenvalue weighted by molar-refractivity contribution is 5.97. The number of aliphatic hydroxyl groups is 1. The summed E-state index contributed by atoms with van der Waals surface area (Å²) in [5.74, 6) is -2.23. The molecule has 0 spiro atoms. The van der Waals surface area contributed by atoms with Gasteiger partial charge in [0, 0.05) is 19.3 Å². The molecule has 1 unspecified atom stereocenters. The number of aromatic carboxylic acids is 1. The summed E-state index contributed by atoms with van der Waals surface area (Å²) in [7, 11) is 1.29. The Morgan fingerprint density at radius 3 is 2.73 bits per heavy atom. The van der Waals surface area contributed by atoms with E-state index in [1.807, 2.05) is 0 Å². The first-order valence-corrected chi connectivity index (χ1v) is 8.05. The number of benzene rings is 1. The summed E-state index contributed by atoms with van der Waals surface area (Å²) >= 11 is 0. The quantitative estimate of drug-likeness (QED) is 0.829. The Morgan fingerprint density at radius 2 is 2.19 bits per heavy atom. The molecule has 0 amide bonds. The minimum absolute atomic E-state index is 0.0107. The van der Waals surface area contributed by atoms with E-state index >= 15 is 0 Å². The Bertz CT molecular complexity index is 928. The topological polar surface area (TPSA) is 92.0 Å². The Labute approximate surface area is 147 Å². The number of methoxy groups -OCH3 is 1. The Hall–Kier alpha value is -2.68. The largest absolute Gasteiger partial charge is 0.492 e. The van der Waals surface area contributed by atoms with Crippen molar-refractivity contribution in [3.63, 3.8) is 0 Å². The van der Waals surface area contributed by atoms with Crippen LogP contribution in [0.3, 0.4) is 0 Å². The number of alkyl halides is 1. The molecule has 0 radical (unpaired) electrons. The average Bonchev–Trinajstić information content (AvgIpc) is 3.02. The van der Waals surface area contributed by atoms with Gasteiger partial charge < -0.3 is 24.4 Å². The predicted octanol–water partition coefficient (Wildman–Crippen LogP) is 1.39. The summed E-state index contributed by atoms with van der Waals surface area (Å²) in [6.07, 6.45) is 0.878. The van der Waals surface area contributed by atoms with E-state index in [9.17, 15) is 28.6 Å². The summed E-state index contributed by atoms with van der Waals surface area (Å²) in [4.78, 5) is 25.4. The third kappa shape index (κ3) is 2.88. The number of nitrogens with zero attached hydrogens (tertiary/aromatic N) is 2. The summed E-state index contributed by atoms with van der Waals surface area (Å²) in [6.45, 7) is -0.448. The highest BCUT2D eigenvalue weighted by Crippen LogP contribution is 2.39. The fourth-order valence-electron chi connectivity index (χ4n) is 3.34. The number of β-amino-alcohol motifs (C(OH)–C–C–N with tert-alkyl or cyclic N) is 1. The zero-order valence-corrected chi connectivity index (χ0v) is 14.0. The Morgan fingerprint density at radius 1 is 1.46 bits per heavy atom. The molecule has 0 bridgehead atoms. The fourth-order valence-corrected chi connectivity index (χ4v) is 3.34. The maximum atomic E-state index is 14.8. The number of aromatic nitrogens is 1. The Balaban J connectivity index is 2.38. The molecule has 1 aromatic carbocycles. The summed E-state index contributed by atoms with van der Waals surface area (Å²) in [5, 5.41) is 18.7. The second-order valence-corrected chi connectivity index (χ2v) is 6.08. The van der Waals surface area contributed by atoms with Gasteiger partial charge in [-0.05, 0) is 12.5 Å².